The Bertz CT molecular complexity index is 971. The van der Waals surface area contributed by atoms with E-state index in [0.717, 1.165) is 66.6 Å². The summed E-state index contributed by atoms with van der Waals surface area (Å²) in [6, 6.07) is 14.6. The molecule has 1 spiro atoms. The molecule has 2 aliphatic rings. The average Bonchev–Trinajstić information content (AvgIpc) is 3.28. The summed E-state index contributed by atoms with van der Waals surface area (Å²) in [7, 11) is 0. The van der Waals surface area contributed by atoms with E-state index in [-0.39, 0.29) is 5.41 Å². The van der Waals surface area contributed by atoms with Crippen LogP contribution in [-0.4, -0.2) is 35.7 Å². The molecule has 2 N–H and O–H groups in total. The van der Waals surface area contributed by atoms with Gasteiger partial charge in [-0.05, 0) is 67.7 Å². The third-order valence-corrected chi connectivity index (χ3v) is 6.00. The second kappa shape index (κ2) is 5.95. The maximum absolute atomic E-state index is 13.2. The van der Waals surface area contributed by atoms with E-state index in [9.17, 15) is 4.79 Å². The molecule has 0 unspecified atom stereocenters. The van der Waals surface area contributed by atoms with Crippen molar-refractivity contribution in [2.45, 2.75) is 19.3 Å². The monoisotopic (exact) mass is 346 g/mol. The van der Waals surface area contributed by atoms with Gasteiger partial charge in [-0.15, -0.1) is 0 Å². The molecule has 2 fully saturated rings. The van der Waals surface area contributed by atoms with E-state index in [2.05, 4.69) is 51.9 Å². The highest BCUT2D eigenvalue weighted by Gasteiger charge is 2.47. The quantitative estimate of drug-likeness (QED) is 0.748. The summed E-state index contributed by atoms with van der Waals surface area (Å²) < 4.78 is 0. The molecule has 2 aliphatic heterocycles. The maximum atomic E-state index is 13.2. The van der Waals surface area contributed by atoms with Crippen LogP contribution in [0, 0.1) is 5.41 Å². The Labute approximate surface area is 152 Å². The first-order valence-electron chi connectivity index (χ1n) is 9.32. The van der Waals surface area contributed by atoms with Gasteiger partial charge in [-0.3, -0.25) is 9.89 Å². The number of rotatable bonds is 2. The molecule has 5 nitrogen and oxygen atoms in total. The summed E-state index contributed by atoms with van der Waals surface area (Å²) in [6.45, 7) is 2.72. The minimum Gasteiger partial charge on any atom is -0.317 e. The molecule has 0 atom stereocenters. The summed E-state index contributed by atoms with van der Waals surface area (Å²) >= 11 is 0. The second-order valence-electron chi connectivity index (χ2n) is 7.46. The molecule has 2 aromatic carbocycles. The fourth-order valence-corrected chi connectivity index (χ4v) is 4.41. The van der Waals surface area contributed by atoms with Gasteiger partial charge in [-0.25, -0.2) is 0 Å². The van der Waals surface area contributed by atoms with Gasteiger partial charge in [0.1, 0.15) is 0 Å². The minimum atomic E-state index is -0.142. The molecular weight excluding hydrogens is 324 g/mol. The third-order valence-electron chi connectivity index (χ3n) is 6.00. The topological polar surface area (TPSA) is 61.0 Å². The molecular formula is C21H22N4O. The highest BCUT2D eigenvalue weighted by atomic mass is 16.2. The Balaban J connectivity index is 1.47. The summed E-state index contributed by atoms with van der Waals surface area (Å²) in [6.07, 6.45) is 4.73. The molecule has 0 bridgehead atoms. The van der Waals surface area contributed by atoms with E-state index in [1.54, 1.807) is 0 Å². The van der Waals surface area contributed by atoms with E-state index >= 15 is 0 Å². The van der Waals surface area contributed by atoms with Crippen molar-refractivity contribution in [3.05, 3.63) is 48.7 Å². The van der Waals surface area contributed by atoms with Crippen LogP contribution in [0.3, 0.4) is 0 Å². The van der Waals surface area contributed by atoms with E-state index < -0.39 is 0 Å². The third kappa shape index (κ3) is 2.42. The van der Waals surface area contributed by atoms with Crippen molar-refractivity contribution >= 4 is 22.5 Å². The van der Waals surface area contributed by atoms with Gasteiger partial charge >= 0.3 is 0 Å². The van der Waals surface area contributed by atoms with Crippen molar-refractivity contribution in [3.8, 4) is 11.1 Å². The maximum Gasteiger partial charge on any atom is 0.233 e. The summed E-state index contributed by atoms with van der Waals surface area (Å²) in [5, 5.41) is 11.5. The molecule has 0 aliphatic carbocycles. The van der Waals surface area contributed by atoms with E-state index in [1.807, 2.05) is 17.2 Å². The molecule has 0 radical (unpaired) electrons. The van der Waals surface area contributed by atoms with Crippen molar-refractivity contribution in [1.82, 2.24) is 15.5 Å². The lowest BCUT2D eigenvalue weighted by atomic mass is 9.77. The van der Waals surface area contributed by atoms with Crippen LogP contribution in [0.15, 0.2) is 48.7 Å². The number of anilines is 1. The number of amides is 1. The predicted octanol–water partition coefficient (Wildman–Crippen LogP) is 3.34. The van der Waals surface area contributed by atoms with Gasteiger partial charge in [0, 0.05) is 17.6 Å². The Morgan fingerprint density at radius 1 is 1.00 bits per heavy atom. The molecule has 132 valence electrons. The molecule has 3 aromatic rings. The Hall–Kier alpha value is -2.66. The highest BCUT2D eigenvalue weighted by molar-refractivity contribution is 6.00. The first-order chi connectivity index (χ1) is 12.8. The molecule has 26 heavy (non-hydrogen) atoms. The predicted molar refractivity (Wildman–Crippen MR) is 103 cm³/mol. The number of hydrogen-bond acceptors (Lipinski definition) is 3. The number of nitrogens with one attached hydrogen (secondary N) is 2. The van der Waals surface area contributed by atoms with E-state index in [4.69, 9.17) is 0 Å². The van der Waals surface area contributed by atoms with E-state index in [0.29, 0.717) is 5.91 Å². The molecule has 2 saturated heterocycles. The summed E-state index contributed by atoms with van der Waals surface area (Å²) in [5.41, 5.74) is 4.17. The zero-order valence-corrected chi connectivity index (χ0v) is 14.7. The second-order valence-corrected chi connectivity index (χ2v) is 7.46. The molecule has 0 saturated carbocycles. The van der Waals surface area contributed by atoms with Gasteiger partial charge in [0.2, 0.25) is 5.91 Å². The van der Waals surface area contributed by atoms with Gasteiger partial charge in [-0.1, -0.05) is 18.2 Å². The van der Waals surface area contributed by atoms with Crippen LogP contribution in [0.1, 0.15) is 19.3 Å². The van der Waals surface area contributed by atoms with Crippen LogP contribution in [0.2, 0.25) is 0 Å². The molecule has 5 rings (SSSR count). The average molecular weight is 346 g/mol. The number of H-pyrrole nitrogens is 1. The zero-order valence-electron chi connectivity index (χ0n) is 14.7. The number of carbonyl (C=O) groups is 1. The minimum absolute atomic E-state index is 0.142. The fourth-order valence-electron chi connectivity index (χ4n) is 4.41. The fraction of sp³-hybridized carbons (Fsp3) is 0.333. The standard InChI is InChI=1S/C21H22N4O/c26-20-21(6-9-22-10-7-21)8-11-25(20)18-3-1-2-15(13-18)16-4-5-19-17(12-16)14-23-24-19/h1-5,12-14,22H,6-11H2,(H,23,24). The number of carbonyl (C=O) groups excluding carboxylic acids is 1. The van der Waals surface area contributed by atoms with Crippen molar-refractivity contribution in [2.24, 2.45) is 5.41 Å². The van der Waals surface area contributed by atoms with Crippen molar-refractivity contribution in [2.75, 3.05) is 24.5 Å². The lowest BCUT2D eigenvalue weighted by Gasteiger charge is -2.32. The Kier molecular flexibility index (Phi) is 3.57. The molecule has 1 aromatic heterocycles. The zero-order chi connectivity index (χ0) is 17.6. The number of aromatic nitrogens is 2. The van der Waals surface area contributed by atoms with Crippen molar-refractivity contribution in [3.63, 3.8) is 0 Å². The van der Waals surface area contributed by atoms with Crippen LogP contribution in [0.4, 0.5) is 5.69 Å². The van der Waals surface area contributed by atoms with Gasteiger partial charge < -0.3 is 10.2 Å². The number of aromatic amines is 1. The largest absolute Gasteiger partial charge is 0.317 e. The molecule has 5 heteroatoms. The van der Waals surface area contributed by atoms with Gasteiger partial charge in [-0.2, -0.15) is 5.10 Å². The van der Waals surface area contributed by atoms with Gasteiger partial charge in [0.15, 0.2) is 0 Å². The van der Waals surface area contributed by atoms with Crippen molar-refractivity contribution in [1.29, 1.82) is 0 Å². The number of benzene rings is 2. The summed E-state index contributed by atoms with van der Waals surface area (Å²) in [5.74, 6) is 0.307. The Morgan fingerprint density at radius 3 is 2.73 bits per heavy atom. The van der Waals surface area contributed by atoms with E-state index in [1.165, 1.54) is 0 Å². The van der Waals surface area contributed by atoms with Gasteiger partial charge in [0.05, 0.1) is 17.1 Å². The first kappa shape index (κ1) is 15.6. The van der Waals surface area contributed by atoms with Gasteiger partial charge in [0.25, 0.3) is 0 Å². The SMILES string of the molecule is O=C1N(c2cccc(-c3ccc4[nH]ncc4c3)c2)CCC12CCNCC2. The number of fused-ring (bicyclic) bond motifs is 1. The summed E-state index contributed by atoms with van der Waals surface area (Å²) in [4.78, 5) is 15.1. The number of piperidine rings is 1. The lowest BCUT2D eigenvalue weighted by molar-refractivity contribution is -0.126. The number of nitrogens with zero attached hydrogens (tertiary/aromatic N) is 2. The van der Waals surface area contributed by atoms with Crippen molar-refractivity contribution < 1.29 is 4.79 Å². The van der Waals surface area contributed by atoms with Crippen LogP contribution < -0.4 is 10.2 Å². The Morgan fingerprint density at radius 2 is 1.85 bits per heavy atom. The van der Waals surface area contributed by atoms with Crippen LogP contribution >= 0.6 is 0 Å². The van der Waals surface area contributed by atoms with Crippen LogP contribution in [0.25, 0.3) is 22.0 Å². The molecule has 1 amide bonds. The van der Waals surface area contributed by atoms with Crippen LogP contribution in [0.5, 0.6) is 0 Å². The van der Waals surface area contributed by atoms with Crippen LogP contribution in [-0.2, 0) is 4.79 Å². The smallest absolute Gasteiger partial charge is 0.233 e. The highest BCUT2D eigenvalue weighted by Crippen LogP contribution is 2.42. The normalized spacial score (nSPS) is 19.5. The lowest BCUT2D eigenvalue weighted by Crippen LogP contribution is -2.42. The first-order valence-corrected chi connectivity index (χ1v) is 9.32. The molecule has 3 heterocycles. The number of hydrogen-bond donors (Lipinski definition) is 2.